The molecule has 1 atom stereocenters. The third-order valence-electron chi connectivity index (χ3n) is 5.29. The standard InChI is InChI=1S/C27H28Cl2N2O2S/c1-2-30-27(33)25(18-20-9-5-3-6-10-20)31(19-21-13-14-23(28)24(29)17-21)26(32)15-16-34-22-11-7-4-8-12-22/h3-14,17,25H,2,15-16,18-19H2,1H3,(H,30,33)/t25-/m0/s1. The van der Waals surface area contributed by atoms with Crippen LogP contribution in [0, 0.1) is 0 Å². The molecule has 0 saturated carbocycles. The van der Waals surface area contributed by atoms with Crippen molar-refractivity contribution in [3.8, 4) is 0 Å². The molecule has 0 saturated heterocycles. The van der Waals surface area contributed by atoms with Gasteiger partial charge in [-0.1, -0.05) is 77.8 Å². The van der Waals surface area contributed by atoms with E-state index in [9.17, 15) is 9.59 Å². The van der Waals surface area contributed by atoms with Gasteiger partial charge in [-0.15, -0.1) is 11.8 Å². The van der Waals surface area contributed by atoms with Gasteiger partial charge >= 0.3 is 0 Å². The van der Waals surface area contributed by atoms with Crippen LogP contribution in [0.15, 0.2) is 83.8 Å². The fourth-order valence-electron chi connectivity index (χ4n) is 3.60. The molecule has 0 bridgehead atoms. The van der Waals surface area contributed by atoms with Gasteiger partial charge in [0.1, 0.15) is 6.04 Å². The maximum atomic E-state index is 13.5. The van der Waals surface area contributed by atoms with Crippen molar-refractivity contribution in [3.63, 3.8) is 0 Å². The molecular weight excluding hydrogens is 487 g/mol. The Morgan fingerprint density at radius 2 is 1.59 bits per heavy atom. The van der Waals surface area contributed by atoms with Crippen LogP contribution in [0.1, 0.15) is 24.5 Å². The normalized spacial score (nSPS) is 11.6. The molecule has 0 spiro atoms. The van der Waals surface area contributed by atoms with E-state index >= 15 is 0 Å². The molecule has 2 amide bonds. The third-order valence-corrected chi connectivity index (χ3v) is 7.04. The van der Waals surface area contributed by atoms with E-state index < -0.39 is 6.04 Å². The van der Waals surface area contributed by atoms with Crippen molar-refractivity contribution in [2.45, 2.75) is 37.2 Å². The van der Waals surface area contributed by atoms with Crippen LogP contribution in [0.25, 0.3) is 0 Å². The molecule has 0 aliphatic carbocycles. The zero-order valence-corrected chi connectivity index (χ0v) is 21.4. The summed E-state index contributed by atoms with van der Waals surface area (Å²) in [6, 6.07) is 24.4. The average Bonchev–Trinajstić information content (AvgIpc) is 2.85. The van der Waals surface area contributed by atoms with E-state index in [1.54, 1.807) is 28.8 Å². The van der Waals surface area contributed by atoms with Crippen LogP contribution in [0.2, 0.25) is 10.0 Å². The number of likely N-dealkylation sites (N-methyl/N-ethyl adjacent to an activating group) is 1. The van der Waals surface area contributed by atoms with E-state index in [1.807, 2.05) is 73.7 Å². The molecule has 1 N–H and O–H groups in total. The summed E-state index contributed by atoms with van der Waals surface area (Å²) < 4.78 is 0. The monoisotopic (exact) mass is 514 g/mol. The molecule has 0 aliphatic rings. The number of nitrogens with one attached hydrogen (secondary N) is 1. The van der Waals surface area contributed by atoms with Crippen LogP contribution in [-0.2, 0) is 22.6 Å². The van der Waals surface area contributed by atoms with Crippen molar-refractivity contribution in [2.24, 2.45) is 0 Å². The molecule has 178 valence electrons. The van der Waals surface area contributed by atoms with Crippen LogP contribution < -0.4 is 5.32 Å². The molecule has 3 aromatic rings. The van der Waals surface area contributed by atoms with E-state index in [0.717, 1.165) is 16.0 Å². The third kappa shape index (κ3) is 7.79. The van der Waals surface area contributed by atoms with Gasteiger partial charge in [0.25, 0.3) is 0 Å². The van der Waals surface area contributed by atoms with Crippen molar-refractivity contribution in [2.75, 3.05) is 12.3 Å². The van der Waals surface area contributed by atoms with Gasteiger partial charge in [-0.25, -0.2) is 0 Å². The minimum atomic E-state index is -0.647. The Hall–Kier alpha value is -2.47. The van der Waals surface area contributed by atoms with Gasteiger partial charge in [-0.2, -0.15) is 0 Å². The van der Waals surface area contributed by atoms with Gasteiger partial charge in [-0.3, -0.25) is 9.59 Å². The van der Waals surface area contributed by atoms with Gasteiger partial charge in [0.2, 0.25) is 11.8 Å². The van der Waals surface area contributed by atoms with Crippen LogP contribution in [0.5, 0.6) is 0 Å². The number of benzene rings is 3. The molecule has 0 aliphatic heterocycles. The smallest absolute Gasteiger partial charge is 0.243 e. The van der Waals surface area contributed by atoms with E-state index in [4.69, 9.17) is 23.2 Å². The minimum Gasteiger partial charge on any atom is -0.355 e. The topological polar surface area (TPSA) is 49.4 Å². The predicted octanol–water partition coefficient (Wildman–Crippen LogP) is 6.25. The largest absolute Gasteiger partial charge is 0.355 e. The highest BCUT2D eigenvalue weighted by Gasteiger charge is 2.30. The second kappa shape index (κ2) is 13.4. The summed E-state index contributed by atoms with van der Waals surface area (Å²) in [5, 5.41) is 3.78. The maximum Gasteiger partial charge on any atom is 0.243 e. The molecule has 3 rings (SSSR count). The average molecular weight is 516 g/mol. The summed E-state index contributed by atoms with van der Waals surface area (Å²) in [4.78, 5) is 29.4. The molecular formula is C27H28Cl2N2O2S. The summed E-state index contributed by atoms with van der Waals surface area (Å²) in [7, 11) is 0. The van der Waals surface area contributed by atoms with Gasteiger partial charge in [0.05, 0.1) is 10.0 Å². The first-order chi connectivity index (χ1) is 16.5. The van der Waals surface area contributed by atoms with Crippen molar-refractivity contribution in [1.29, 1.82) is 0 Å². The Labute approximate surface area is 215 Å². The highest BCUT2D eigenvalue weighted by Crippen LogP contribution is 2.25. The van der Waals surface area contributed by atoms with E-state index in [-0.39, 0.29) is 18.4 Å². The predicted molar refractivity (Wildman–Crippen MR) is 141 cm³/mol. The number of amides is 2. The molecule has 0 aromatic heterocycles. The summed E-state index contributed by atoms with van der Waals surface area (Å²) in [6.07, 6.45) is 0.733. The summed E-state index contributed by atoms with van der Waals surface area (Å²) in [5.41, 5.74) is 1.81. The van der Waals surface area contributed by atoms with E-state index in [1.165, 1.54) is 0 Å². The lowest BCUT2D eigenvalue weighted by molar-refractivity contribution is -0.140. The second-order valence-corrected chi connectivity index (χ2v) is 9.76. The van der Waals surface area contributed by atoms with Crippen LogP contribution >= 0.6 is 35.0 Å². The SMILES string of the molecule is CCNC(=O)[C@H](Cc1ccccc1)N(Cc1ccc(Cl)c(Cl)c1)C(=O)CCSc1ccccc1. The summed E-state index contributed by atoms with van der Waals surface area (Å²) >= 11 is 13.9. The summed E-state index contributed by atoms with van der Waals surface area (Å²) in [6.45, 7) is 2.63. The number of nitrogens with zero attached hydrogens (tertiary/aromatic N) is 1. The fourth-order valence-corrected chi connectivity index (χ4v) is 4.78. The second-order valence-electron chi connectivity index (χ2n) is 7.78. The van der Waals surface area contributed by atoms with Crippen LogP contribution in [0.3, 0.4) is 0 Å². The summed E-state index contributed by atoms with van der Waals surface area (Å²) in [5.74, 6) is 0.367. The number of hydrogen-bond acceptors (Lipinski definition) is 3. The van der Waals surface area contributed by atoms with Crippen molar-refractivity contribution >= 4 is 46.8 Å². The first kappa shape index (κ1) is 26.1. The number of thioether (sulfide) groups is 1. The zero-order chi connectivity index (χ0) is 24.3. The lowest BCUT2D eigenvalue weighted by Gasteiger charge is -2.31. The number of hydrogen-bond donors (Lipinski definition) is 1. The molecule has 0 heterocycles. The number of rotatable bonds is 11. The van der Waals surface area contributed by atoms with Crippen molar-refractivity contribution in [3.05, 3.63) is 100 Å². The van der Waals surface area contributed by atoms with Gasteiger partial charge < -0.3 is 10.2 Å². The van der Waals surface area contributed by atoms with E-state index in [2.05, 4.69) is 5.32 Å². The lowest BCUT2D eigenvalue weighted by Crippen LogP contribution is -2.50. The van der Waals surface area contributed by atoms with Crippen LogP contribution in [-0.4, -0.2) is 35.1 Å². The lowest BCUT2D eigenvalue weighted by atomic mass is 10.0. The Bertz CT molecular complexity index is 1080. The molecule has 0 fully saturated rings. The highest BCUT2D eigenvalue weighted by molar-refractivity contribution is 7.99. The zero-order valence-electron chi connectivity index (χ0n) is 19.0. The minimum absolute atomic E-state index is 0.0818. The maximum absolute atomic E-state index is 13.5. The Morgan fingerprint density at radius 1 is 0.912 bits per heavy atom. The van der Waals surface area contributed by atoms with Crippen LogP contribution in [0.4, 0.5) is 0 Å². The van der Waals surface area contributed by atoms with Gasteiger partial charge in [-0.05, 0) is 42.3 Å². The number of carbonyl (C=O) groups excluding carboxylic acids is 2. The highest BCUT2D eigenvalue weighted by atomic mass is 35.5. The quantitative estimate of drug-likeness (QED) is 0.307. The number of carbonyl (C=O) groups is 2. The molecule has 34 heavy (non-hydrogen) atoms. The Morgan fingerprint density at radius 3 is 2.24 bits per heavy atom. The van der Waals surface area contributed by atoms with Gasteiger partial charge in [0.15, 0.2) is 0 Å². The van der Waals surface area contributed by atoms with Gasteiger partial charge in [0, 0.05) is 36.6 Å². The fraction of sp³-hybridized carbons (Fsp3) is 0.259. The molecule has 0 unspecified atom stereocenters. The Balaban J connectivity index is 1.85. The molecule has 7 heteroatoms. The first-order valence-electron chi connectivity index (χ1n) is 11.2. The number of halogens is 2. The van der Waals surface area contributed by atoms with Crippen molar-refractivity contribution < 1.29 is 9.59 Å². The van der Waals surface area contributed by atoms with Crippen molar-refractivity contribution in [1.82, 2.24) is 10.2 Å². The molecule has 3 aromatic carbocycles. The first-order valence-corrected chi connectivity index (χ1v) is 12.9. The Kier molecular flexibility index (Phi) is 10.3. The van der Waals surface area contributed by atoms with E-state index in [0.29, 0.717) is 35.2 Å². The molecule has 4 nitrogen and oxygen atoms in total. The molecule has 0 radical (unpaired) electrons.